The van der Waals surface area contributed by atoms with Crippen LogP contribution in [-0.2, 0) is 0 Å². The van der Waals surface area contributed by atoms with Crippen LogP contribution in [0.4, 0.5) is 0 Å². The molecule has 0 aliphatic rings. The van der Waals surface area contributed by atoms with Gasteiger partial charge in [0.05, 0.1) is 12.1 Å². The maximum absolute atomic E-state index is 2.29. The molecule has 0 aliphatic carbocycles. The van der Waals surface area contributed by atoms with E-state index in [0.29, 0.717) is 12.1 Å². The third kappa shape index (κ3) is 2.69. The Bertz CT molecular complexity index is 238. The number of aromatic nitrogens is 2. The van der Waals surface area contributed by atoms with Crippen LogP contribution >= 0.6 is 0 Å². The van der Waals surface area contributed by atoms with Gasteiger partial charge in [-0.3, -0.25) is 0 Å². The SMILES string of the molecule is Cc1n(C(C)C)cc[n+]1C(C)C.[I-]. The molecule has 0 spiro atoms. The van der Waals surface area contributed by atoms with E-state index in [1.807, 2.05) is 0 Å². The van der Waals surface area contributed by atoms with Gasteiger partial charge >= 0.3 is 0 Å². The summed E-state index contributed by atoms with van der Waals surface area (Å²) in [5.41, 5.74) is 0. The molecule has 76 valence electrons. The van der Waals surface area contributed by atoms with E-state index in [4.69, 9.17) is 0 Å². The van der Waals surface area contributed by atoms with Crippen molar-refractivity contribution in [3.63, 3.8) is 0 Å². The van der Waals surface area contributed by atoms with Crippen molar-refractivity contribution in [3.05, 3.63) is 18.2 Å². The highest BCUT2D eigenvalue weighted by molar-refractivity contribution is 4.82. The van der Waals surface area contributed by atoms with Crippen LogP contribution in [0.15, 0.2) is 12.4 Å². The number of hydrogen-bond acceptors (Lipinski definition) is 0. The summed E-state index contributed by atoms with van der Waals surface area (Å²) in [6.07, 6.45) is 4.31. The zero-order valence-corrected chi connectivity index (χ0v) is 11.2. The van der Waals surface area contributed by atoms with Crippen LogP contribution in [0.3, 0.4) is 0 Å². The summed E-state index contributed by atoms with van der Waals surface area (Å²) in [5.74, 6) is 1.33. The van der Waals surface area contributed by atoms with E-state index in [2.05, 4.69) is 56.1 Å². The van der Waals surface area contributed by atoms with Gasteiger partial charge in [-0.05, 0) is 27.7 Å². The highest BCUT2D eigenvalue weighted by Gasteiger charge is 2.15. The van der Waals surface area contributed by atoms with Crippen LogP contribution in [-0.4, -0.2) is 4.57 Å². The summed E-state index contributed by atoms with van der Waals surface area (Å²) < 4.78 is 4.58. The molecular weight excluding hydrogens is 275 g/mol. The first kappa shape index (κ1) is 12.9. The molecule has 0 N–H and O–H groups in total. The summed E-state index contributed by atoms with van der Waals surface area (Å²) in [6, 6.07) is 1.12. The quantitative estimate of drug-likeness (QED) is 0.501. The minimum atomic E-state index is 0. The highest BCUT2D eigenvalue weighted by atomic mass is 127. The number of nitrogens with zero attached hydrogens (tertiary/aromatic N) is 2. The average Bonchev–Trinajstić information content (AvgIpc) is 2.30. The zero-order chi connectivity index (χ0) is 9.30. The third-order valence-corrected chi connectivity index (χ3v) is 2.25. The molecule has 0 bridgehead atoms. The molecule has 0 saturated heterocycles. The molecule has 0 saturated carbocycles. The van der Waals surface area contributed by atoms with Gasteiger partial charge in [0.2, 0.25) is 0 Å². The van der Waals surface area contributed by atoms with E-state index in [1.54, 1.807) is 0 Å². The molecule has 0 radical (unpaired) electrons. The molecule has 0 aliphatic heterocycles. The van der Waals surface area contributed by atoms with Gasteiger partial charge in [-0.25, -0.2) is 9.13 Å². The van der Waals surface area contributed by atoms with Crippen molar-refractivity contribution >= 4 is 0 Å². The number of halogens is 1. The van der Waals surface area contributed by atoms with Crippen LogP contribution in [0.25, 0.3) is 0 Å². The highest BCUT2D eigenvalue weighted by Crippen LogP contribution is 2.07. The van der Waals surface area contributed by atoms with E-state index in [-0.39, 0.29) is 24.0 Å². The van der Waals surface area contributed by atoms with Crippen LogP contribution in [0.2, 0.25) is 0 Å². The second-order valence-electron chi connectivity index (χ2n) is 3.85. The Labute approximate surface area is 98.0 Å². The second kappa shape index (κ2) is 4.98. The van der Waals surface area contributed by atoms with E-state index >= 15 is 0 Å². The Balaban J connectivity index is 0.00000144. The number of imidazole rings is 1. The Morgan fingerprint density at radius 3 is 2.00 bits per heavy atom. The molecule has 0 amide bonds. The monoisotopic (exact) mass is 294 g/mol. The summed E-state index contributed by atoms with van der Waals surface area (Å²) in [5, 5.41) is 0. The van der Waals surface area contributed by atoms with Crippen LogP contribution in [0.5, 0.6) is 0 Å². The lowest BCUT2D eigenvalue weighted by atomic mass is 10.3. The molecular formula is C10H19IN2. The second-order valence-corrected chi connectivity index (χ2v) is 3.85. The molecule has 0 unspecified atom stereocenters. The topological polar surface area (TPSA) is 8.81 Å². The Morgan fingerprint density at radius 1 is 1.23 bits per heavy atom. The minimum absolute atomic E-state index is 0. The van der Waals surface area contributed by atoms with Gasteiger partial charge in [-0.2, -0.15) is 0 Å². The van der Waals surface area contributed by atoms with Crippen molar-refractivity contribution < 1.29 is 28.5 Å². The fourth-order valence-electron chi connectivity index (χ4n) is 1.58. The Kier molecular flexibility index (Phi) is 4.96. The normalized spacial score (nSPS) is 10.7. The summed E-state index contributed by atoms with van der Waals surface area (Å²) in [6.45, 7) is 11.0. The lowest BCUT2D eigenvalue weighted by Gasteiger charge is -2.05. The molecule has 0 fully saturated rings. The van der Waals surface area contributed by atoms with Crippen molar-refractivity contribution in [3.8, 4) is 0 Å². The summed E-state index contributed by atoms with van der Waals surface area (Å²) >= 11 is 0. The van der Waals surface area contributed by atoms with E-state index in [1.165, 1.54) is 5.82 Å². The first-order valence-electron chi connectivity index (χ1n) is 4.62. The van der Waals surface area contributed by atoms with Gasteiger partial charge in [-0.1, -0.05) is 0 Å². The molecule has 13 heavy (non-hydrogen) atoms. The van der Waals surface area contributed by atoms with Crippen LogP contribution in [0.1, 0.15) is 45.6 Å². The van der Waals surface area contributed by atoms with Crippen molar-refractivity contribution in [1.82, 2.24) is 4.57 Å². The zero-order valence-electron chi connectivity index (χ0n) is 9.08. The molecule has 1 heterocycles. The van der Waals surface area contributed by atoms with Gasteiger partial charge in [0.25, 0.3) is 5.82 Å². The van der Waals surface area contributed by atoms with E-state index in [0.717, 1.165) is 0 Å². The lowest BCUT2D eigenvalue weighted by Crippen LogP contribution is -3.00. The molecule has 0 atom stereocenters. The molecule has 2 nitrogen and oxygen atoms in total. The van der Waals surface area contributed by atoms with Crippen molar-refractivity contribution in [1.29, 1.82) is 0 Å². The maximum Gasteiger partial charge on any atom is 0.253 e. The molecule has 0 aromatic carbocycles. The summed E-state index contributed by atoms with van der Waals surface area (Å²) in [7, 11) is 0. The van der Waals surface area contributed by atoms with Gasteiger partial charge in [-0.15, -0.1) is 0 Å². The van der Waals surface area contributed by atoms with Gasteiger partial charge < -0.3 is 24.0 Å². The lowest BCUT2D eigenvalue weighted by molar-refractivity contribution is -0.721. The number of rotatable bonds is 2. The molecule has 1 aromatic rings. The van der Waals surface area contributed by atoms with Crippen LogP contribution < -0.4 is 28.5 Å². The molecule has 1 rings (SSSR count). The van der Waals surface area contributed by atoms with E-state index < -0.39 is 0 Å². The Hall–Kier alpha value is -0.0600. The molecule has 3 heteroatoms. The summed E-state index contributed by atoms with van der Waals surface area (Å²) in [4.78, 5) is 0. The maximum atomic E-state index is 2.29. The largest absolute Gasteiger partial charge is 1.00 e. The standard InChI is InChI=1S/C10H19N2.HI/c1-8(2)11-6-7-12(9(3)4)10(11)5;/h6-9H,1-5H3;1H/q+1;/p-1. The fourth-order valence-corrected chi connectivity index (χ4v) is 1.58. The van der Waals surface area contributed by atoms with Crippen molar-refractivity contribution in [2.45, 2.75) is 46.7 Å². The predicted molar refractivity (Wildman–Crippen MR) is 50.1 cm³/mol. The van der Waals surface area contributed by atoms with Gasteiger partial charge in [0, 0.05) is 6.92 Å². The van der Waals surface area contributed by atoms with Gasteiger partial charge in [0.15, 0.2) is 0 Å². The Morgan fingerprint density at radius 2 is 1.77 bits per heavy atom. The average molecular weight is 294 g/mol. The van der Waals surface area contributed by atoms with Gasteiger partial charge in [0.1, 0.15) is 12.4 Å². The van der Waals surface area contributed by atoms with E-state index in [9.17, 15) is 0 Å². The first-order chi connectivity index (χ1) is 5.54. The van der Waals surface area contributed by atoms with Crippen molar-refractivity contribution in [2.24, 2.45) is 0 Å². The van der Waals surface area contributed by atoms with Crippen LogP contribution in [0, 0.1) is 6.92 Å². The fraction of sp³-hybridized carbons (Fsp3) is 0.700. The number of hydrogen-bond donors (Lipinski definition) is 0. The first-order valence-corrected chi connectivity index (χ1v) is 4.62. The minimum Gasteiger partial charge on any atom is -1.00 e. The van der Waals surface area contributed by atoms with Crippen molar-refractivity contribution in [2.75, 3.05) is 0 Å². The third-order valence-electron chi connectivity index (χ3n) is 2.25. The predicted octanol–water partition coefficient (Wildman–Crippen LogP) is -0.750. The smallest absolute Gasteiger partial charge is 0.253 e. The molecule has 1 aromatic heterocycles.